The zero-order valence-corrected chi connectivity index (χ0v) is 19.0. The lowest BCUT2D eigenvalue weighted by Crippen LogP contribution is -2.16. The maximum absolute atomic E-state index is 12.8. The normalized spacial score (nSPS) is 13.3. The number of non-ortho nitro benzene ring substituents is 1. The molecule has 1 aliphatic heterocycles. The molecule has 1 aliphatic rings. The second-order valence-electron chi connectivity index (χ2n) is 7.62. The number of hydrogen-bond donors (Lipinski definition) is 2. The molecule has 11 heteroatoms. The van der Waals surface area contributed by atoms with Crippen molar-refractivity contribution in [3.05, 3.63) is 115 Å². The molecule has 0 bridgehead atoms. The van der Waals surface area contributed by atoms with Crippen molar-refractivity contribution >= 4 is 29.8 Å². The largest absolute Gasteiger partial charge is 0.494 e. The molecule has 3 aromatic carbocycles. The predicted octanol–water partition coefficient (Wildman–Crippen LogP) is 4.92. The number of benzene rings is 3. The summed E-state index contributed by atoms with van der Waals surface area (Å²) in [5.41, 5.74) is -0.900. The van der Waals surface area contributed by atoms with Crippen LogP contribution in [-0.4, -0.2) is 25.4 Å². The van der Waals surface area contributed by atoms with E-state index in [1.54, 1.807) is 36.4 Å². The van der Waals surface area contributed by atoms with E-state index in [4.69, 9.17) is 21.7 Å². The molecule has 1 aromatic heterocycles. The fraction of sp³-hybridized carbons (Fsp3) is 0. The maximum atomic E-state index is 12.8. The van der Waals surface area contributed by atoms with Crippen LogP contribution in [0.5, 0.6) is 23.1 Å². The fourth-order valence-corrected chi connectivity index (χ4v) is 3.90. The van der Waals surface area contributed by atoms with Gasteiger partial charge in [0.15, 0.2) is 10.5 Å². The van der Waals surface area contributed by atoms with E-state index in [-0.39, 0.29) is 33.1 Å². The van der Waals surface area contributed by atoms with Gasteiger partial charge in [-0.3, -0.25) is 29.3 Å². The first-order valence-electron chi connectivity index (χ1n) is 10.5. The van der Waals surface area contributed by atoms with Crippen LogP contribution in [0.25, 0.3) is 11.8 Å². The van der Waals surface area contributed by atoms with Crippen LogP contribution in [0.15, 0.2) is 83.4 Å². The van der Waals surface area contributed by atoms with Crippen LogP contribution in [0.4, 0.5) is 5.69 Å². The van der Waals surface area contributed by atoms with Gasteiger partial charge in [-0.25, -0.2) is 0 Å². The summed E-state index contributed by atoms with van der Waals surface area (Å²) in [5.74, 6) is -0.166. The van der Waals surface area contributed by atoms with Crippen molar-refractivity contribution in [1.29, 1.82) is 0 Å². The Morgan fingerprint density at radius 3 is 2.42 bits per heavy atom. The molecule has 2 heterocycles. The van der Waals surface area contributed by atoms with Crippen LogP contribution >= 0.6 is 12.2 Å². The van der Waals surface area contributed by atoms with Crippen molar-refractivity contribution in [2.45, 2.75) is 0 Å². The minimum Gasteiger partial charge on any atom is -0.494 e. The molecule has 5 rings (SSSR count). The topological polar surface area (TPSA) is 137 Å². The fourth-order valence-electron chi connectivity index (χ4n) is 3.62. The van der Waals surface area contributed by atoms with E-state index in [1.165, 1.54) is 16.7 Å². The van der Waals surface area contributed by atoms with Gasteiger partial charge in [-0.05, 0) is 54.7 Å². The number of fused-ring (bicyclic) bond motifs is 1. The predicted molar refractivity (Wildman–Crippen MR) is 131 cm³/mol. The Morgan fingerprint density at radius 2 is 1.72 bits per heavy atom. The van der Waals surface area contributed by atoms with E-state index in [2.05, 4.69) is 4.98 Å². The van der Waals surface area contributed by atoms with E-state index >= 15 is 0 Å². The van der Waals surface area contributed by atoms with E-state index in [9.17, 15) is 24.8 Å². The molecule has 2 N–H and O–H groups in total. The summed E-state index contributed by atoms with van der Waals surface area (Å²) >= 11 is 5.24. The molecule has 0 radical (unpaired) electrons. The number of aromatic nitrogens is 2. The molecular formula is C25H15N3O7S. The van der Waals surface area contributed by atoms with Gasteiger partial charge < -0.3 is 14.6 Å². The zero-order chi connectivity index (χ0) is 25.4. The number of para-hydroxylation sites is 1. The van der Waals surface area contributed by atoms with E-state index in [0.29, 0.717) is 17.2 Å². The van der Waals surface area contributed by atoms with Gasteiger partial charge in [0, 0.05) is 18.2 Å². The van der Waals surface area contributed by atoms with Gasteiger partial charge in [-0.15, -0.1) is 0 Å². The van der Waals surface area contributed by atoms with Crippen molar-refractivity contribution in [3.8, 4) is 28.8 Å². The molecule has 10 nitrogen and oxygen atoms in total. The van der Waals surface area contributed by atoms with Crippen molar-refractivity contribution in [1.82, 2.24) is 9.55 Å². The van der Waals surface area contributed by atoms with Gasteiger partial charge in [-0.1, -0.05) is 18.2 Å². The smallest absolute Gasteiger partial charge is 0.270 e. The Morgan fingerprint density at radius 1 is 1.03 bits per heavy atom. The van der Waals surface area contributed by atoms with Crippen molar-refractivity contribution < 1.29 is 24.3 Å². The van der Waals surface area contributed by atoms with E-state index in [0.717, 1.165) is 12.1 Å². The molecule has 0 fully saturated rings. The summed E-state index contributed by atoms with van der Waals surface area (Å²) in [6.07, 6.45) is 1.07. The van der Waals surface area contributed by atoms with Crippen LogP contribution < -0.4 is 15.0 Å². The number of nitro benzene ring substituents is 1. The average molecular weight is 501 g/mol. The van der Waals surface area contributed by atoms with Crippen LogP contribution in [0.3, 0.4) is 0 Å². The molecule has 36 heavy (non-hydrogen) atoms. The molecule has 4 aromatic rings. The Balaban J connectivity index is 1.50. The summed E-state index contributed by atoms with van der Waals surface area (Å²) in [4.78, 5) is 38.2. The third-order valence-corrected chi connectivity index (χ3v) is 5.62. The van der Waals surface area contributed by atoms with Gasteiger partial charge in [0.1, 0.15) is 22.8 Å². The summed E-state index contributed by atoms with van der Waals surface area (Å²) in [6.45, 7) is 0. The molecule has 0 saturated heterocycles. The molecule has 0 saturated carbocycles. The van der Waals surface area contributed by atoms with Gasteiger partial charge >= 0.3 is 0 Å². The first-order chi connectivity index (χ1) is 17.3. The van der Waals surface area contributed by atoms with Gasteiger partial charge in [0.25, 0.3) is 11.2 Å². The van der Waals surface area contributed by atoms with E-state index < -0.39 is 22.1 Å². The molecule has 178 valence electrons. The Labute approximate surface area is 207 Å². The van der Waals surface area contributed by atoms with Crippen molar-refractivity contribution in [2.75, 3.05) is 0 Å². The standard InChI is InChI=1S/C25H15N3O7S/c29-22-18-12-15(28(32)33)8-11-20(18)35-21(22)13-19-23(30)26-25(36)27(24(19)31)14-6-9-17(10-7-14)34-16-4-2-1-3-5-16/h1-13,31H,(H,26,30,36). The average Bonchev–Trinajstić information content (AvgIpc) is 3.18. The highest BCUT2D eigenvalue weighted by Crippen LogP contribution is 2.35. The number of ketones is 1. The number of nitrogens with one attached hydrogen (secondary N) is 1. The highest BCUT2D eigenvalue weighted by molar-refractivity contribution is 7.71. The second-order valence-corrected chi connectivity index (χ2v) is 8.01. The highest BCUT2D eigenvalue weighted by atomic mass is 32.1. The molecule has 0 aliphatic carbocycles. The highest BCUT2D eigenvalue weighted by Gasteiger charge is 2.30. The summed E-state index contributed by atoms with van der Waals surface area (Å²) in [6, 6.07) is 19.4. The number of ether oxygens (including phenoxy) is 2. The summed E-state index contributed by atoms with van der Waals surface area (Å²) in [5, 5.41) is 22.0. The Bertz CT molecular complexity index is 1670. The Kier molecular flexibility index (Phi) is 5.66. The van der Waals surface area contributed by atoms with Gasteiger partial charge in [-0.2, -0.15) is 0 Å². The number of Topliss-reactive ketones (excluding diaryl/α,β-unsaturated/α-hetero) is 1. The van der Waals surface area contributed by atoms with Crippen LogP contribution in [-0.2, 0) is 0 Å². The number of allylic oxidation sites excluding steroid dienone is 1. The lowest BCUT2D eigenvalue weighted by molar-refractivity contribution is -0.384. The van der Waals surface area contributed by atoms with Crippen LogP contribution in [0.1, 0.15) is 15.9 Å². The SMILES string of the molecule is O=C1C(=Cc2c(O)n(-c3ccc(Oc4ccccc4)cc3)c(=S)[nH]c2=O)Oc2ccc([N+](=O)[O-])cc21. The number of aromatic hydroxyl groups is 1. The third kappa shape index (κ3) is 4.14. The molecule has 0 atom stereocenters. The van der Waals surface area contributed by atoms with Crippen LogP contribution in [0, 0.1) is 14.9 Å². The number of hydrogen-bond acceptors (Lipinski definition) is 8. The van der Waals surface area contributed by atoms with Gasteiger partial charge in [0.2, 0.25) is 11.7 Å². The van der Waals surface area contributed by atoms with Crippen molar-refractivity contribution in [3.63, 3.8) is 0 Å². The lowest BCUT2D eigenvalue weighted by Gasteiger charge is -2.12. The number of aromatic amines is 1. The second kappa shape index (κ2) is 8.96. The lowest BCUT2D eigenvalue weighted by atomic mass is 10.1. The number of nitro groups is 1. The number of nitrogens with zero attached hydrogens (tertiary/aromatic N) is 2. The van der Waals surface area contributed by atoms with Gasteiger partial charge in [0.05, 0.1) is 16.2 Å². The third-order valence-electron chi connectivity index (χ3n) is 5.33. The molecule has 0 unspecified atom stereocenters. The Hall–Kier alpha value is -5.03. The van der Waals surface area contributed by atoms with Crippen molar-refractivity contribution in [2.24, 2.45) is 0 Å². The molecule has 0 amide bonds. The summed E-state index contributed by atoms with van der Waals surface area (Å²) in [7, 11) is 0. The van der Waals surface area contributed by atoms with Crippen LogP contribution in [0.2, 0.25) is 0 Å². The number of carbonyl (C=O) groups excluding carboxylic acids is 1. The zero-order valence-electron chi connectivity index (χ0n) is 18.2. The minimum atomic E-state index is -0.747. The molecule has 0 spiro atoms. The maximum Gasteiger partial charge on any atom is 0.270 e. The van der Waals surface area contributed by atoms with E-state index in [1.807, 2.05) is 18.2 Å². The number of rotatable bonds is 5. The minimum absolute atomic E-state index is 0.0202. The molecular weight excluding hydrogens is 486 g/mol. The number of carbonyl (C=O) groups is 1. The first kappa shape index (κ1) is 22.7. The quantitative estimate of drug-likeness (QED) is 0.170. The summed E-state index contributed by atoms with van der Waals surface area (Å²) < 4.78 is 12.4. The first-order valence-corrected chi connectivity index (χ1v) is 10.9. The number of H-pyrrole nitrogens is 1. The monoisotopic (exact) mass is 501 g/mol.